The van der Waals surface area contributed by atoms with Crippen molar-refractivity contribution >= 4 is 41.4 Å². The number of thioether (sulfide) groups is 1. The maximum atomic E-state index is 12.9. The summed E-state index contributed by atoms with van der Waals surface area (Å²) in [7, 11) is 0. The van der Waals surface area contributed by atoms with E-state index in [0.29, 0.717) is 18.6 Å². The van der Waals surface area contributed by atoms with Gasteiger partial charge in [0.1, 0.15) is 18.1 Å². The molecule has 184 valence electrons. The van der Waals surface area contributed by atoms with Gasteiger partial charge in [-0.3, -0.25) is 19.2 Å². The number of amides is 3. The summed E-state index contributed by atoms with van der Waals surface area (Å²) in [6.45, 7) is 2.63. The van der Waals surface area contributed by atoms with Gasteiger partial charge in [0, 0.05) is 6.42 Å². The summed E-state index contributed by atoms with van der Waals surface area (Å²) in [5.74, 6) is -4.62. The molecule has 3 amide bonds. The first-order valence-corrected chi connectivity index (χ1v) is 11.6. The number of nitrogens with two attached hydrogens (primary N) is 1. The Labute approximate surface area is 191 Å². The van der Waals surface area contributed by atoms with Crippen molar-refractivity contribution < 1.29 is 39.3 Å². The number of carbonyl (C=O) groups excluding carboxylic acids is 3. The Hall–Kier alpha value is -2.38. The van der Waals surface area contributed by atoms with Crippen LogP contribution in [-0.2, 0) is 24.0 Å². The second-order valence-electron chi connectivity index (χ2n) is 7.34. The Morgan fingerprint density at radius 2 is 1.53 bits per heavy atom. The van der Waals surface area contributed by atoms with Crippen molar-refractivity contribution in [3.8, 4) is 0 Å². The summed E-state index contributed by atoms with van der Waals surface area (Å²) in [5.41, 5.74) is 5.86. The van der Waals surface area contributed by atoms with E-state index in [4.69, 9.17) is 21.1 Å². The Balaban J connectivity index is 5.48. The molecule has 5 unspecified atom stereocenters. The van der Waals surface area contributed by atoms with Gasteiger partial charge >= 0.3 is 11.9 Å². The second-order valence-corrected chi connectivity index (χ2v) is 8.32. The van der Waals surface area contributed by atoms with E-state index < -0.39 is 66.9 Å². The first kappa shape index (κ1) is 29.6. The Kier molecular flexibility index (Phi) is 14.3. The van der Waals surface area contributed by atoms with Gasteiger partial charge in [-0.15, -0.1) is 0 Å². The summed E-state index contributed by atoms with van der Waals surface area (Å²) in [4.78, 5) is 59.8. The number of rotatable bonds is 16. The third-order valence-corrected chi connectivity index (χ3v) is 5.48. The van der Waals surface area contributed by atoms with Crippen molar-refractivity contribution in [1.29, 1.82) is 0 Å². The number of carboxylic acid groups (broad SMARTS) is 2. The fourth-order valence-corrected chi connectivity index (χ4v) is 3.08. The lowest BCUT2D eigenvalue weighted by Crippen LogP contribution is -2.59. The van der Waals surface area contributed by atoms with Gasteiger partial charge in [-0.1, -0.05) is 20.3 Å². The Morgan fingerprint density at radius 1 is 0.938 bits per heavy atom. The predicted molar refractivity (Wildman–Crippen MR) is 118 cm³/mol. The predicted octanol–water partition coefficient (Wildman–Crippen LogP) is -1.49. The number of carboxylic acids is 2. The molecular weight excluding hydrogens is 444 g/mol. The van der Waals surface area contributed by atoms with Crippen molar-refractivity contribution in [2.75, 3.05) is 18.6 Å². The van der Waals surface area contributed by atoms with Crippen LogP contribution in [0.4, 0.5) is 0 Å². The average molecular weight is 479 g/mol. The minimum absolute atomic E-state index is 0.320. The molecule has 0 saturated carbocycles. The van der Waals surface area contributed by atoms with Crippen LogP contribution in [0, 0.1) is 5.92 Å². The maximum absolute atomic E-state index is 12.9. The van der Waals surface area contributed by atoms with E-state index in [0.717, 1.165) is 0 Å². The Morgan fingerprint density at radius 3 is 2.00 bits per heavy atom. The number of hydrogen-bond donors (Lipinski definition) is 7. The fourth-order valence-electron chi connectivity index (χ4n) is 2.59. The normalized spacial score (nSPS) is 15.5. The molecule has 0 aromatic heterocycles. The summed E-state index contributed by atoms with van der Waals surface area (Å²) < 4.78 is 0. The van der Waals surface area contributed by atoms with Gasteiger partial charge in [0.15, 0.2) is 0 Å². The average Bonchev–Trinajstić information content (AvgIpc) is 2.75. The zero-order valence-electron chi connectivity index (χ0n) is 18.5. The molecular formula is C19H34N4O8S. The molecule has 0 bridgehead atoms. The molecule has 0 aliphatic rings. The van der Waals surface area contributed by atoms with Crippen molar-refractivity contribution in [2.24, 2.45) is 11.7 Å². The molecule has 12 nitrogen and oxygen atoms in total. The standard InChI is InChI=1S/C19H34N4O8S/c1-4-10(2)15(23-16(27)11(20)7-8-32-3)18(29)21-12(5-6-14(25)26)17(28)22-13(9-24)19(30)31/h10-13,15,24H,4-9,20H2,1-3H3,(H,21,29)(H,22,28)(H,23,27)(H,25,26)(H,30,31). The maximum Gasteiger partial charge on any atom is 0.328 e. The highest BCUT2D eigenvalue weighted by Crippen LogP contribution is 2.10. The first-order valence-electron chi connectivity index (χ1n) is 10.2. The molecule has 0 spiro atoms. The van der Waals surface area contributed by atoms with Crippen LogP contribution in [0.5, 0.6) is 0 Å². The van der Waals surface area contributed by atoms with Crippen LogP contribution in [0.3, 0.4) is 0 Å². The third-order valence-electron chi connectivity index (χ3n) is 4.84. The number of aliphatic hydroxyl groups excluding tert-OH is 1. The zero-order chi connectivity index (χ0) is 24.8. The number of carbonyl (C=O) groups is 5. The molecule has 5 atom stereocenters. The fraction of sp³-hybridized carbons (Fsp3) is 0.737. The van der Waals surface area contributed by atoms with Crippen LogP contribution in [0.25, 0.3) is 0 Å². The van der Waals surface area contributed by atoms with Crippen LogP contribution in [0.1, 0.15) is 39.5 Å². The van der Waals surface area contributed by atoms with Crippen molar-refractivity contribution in [1.82, 2.24) is 16.0 Å². The highest BCUT2D eigenvalue weighted by atomic mass is 32.2. The van der Waals surface area contributed by atoms with Gasteiger partial charge in [0.25, 0.3) is 0 Å². The van der Waals surface area contributed by atoms with Gasteiger partial charge in [0.05, 0.1) is 12.6 Å². The van der Waals surface area contributed by atoms with Gasteiger partial charge in [-0.25, -0.2) is 4.79 Å². The minimum Gasteiger partial charge on any atom is -0.481 e. The molecule has 0 fully saturated rings. The second kappa shape index (κ2) is 15.4. The van der Waals surface area contributed by atoms with E-state index in [1.54, 1.807) is 13.8 Å². The molecule has 0 aromatic rings. The zero-order valence-corrected chi connectivity index (χ0v) is 19.3. The molecule has 0 aromatic carbocycles. The number of nitrogens with one attached hydrogen (secondary N) is 3. The number of aliphatic hydroxyl groups is 1. The smallest absolute Gasteiger partial charge is 0.328 e. The van der Waals surface area contributed by atoms with Gasteiger partial charge < -0.3 is 37.0 Å². The van der Waals surface area contributed by atoms with E-state index in [1.807, 2.05) is 6.26 Å². The SMILES string of the molecule is CCC(C)C(NC(=O)C(N)CCSC)C(=O)NC(CCC(=O)O)C(=O)NC(CO)C(=O)O. The lowest BCUT2D eigenvalue weighted by atomic mass is 9.97. The summed E-state index contributed by atoms with van der Waals surface area (Å²) >= 11 is 1.52. The van der Waals surface area contributed by atoms with E-state index in [1.165, 1.54) is 11.8 Å². The molecule has 13 heteroatoms. The monoisotopic (exact) mass is 478 g/mol. The van der Waals surface area contributed by atoms with Gasteiger partial charge in [-0.2, -0.15) is 11.8 Å². The summed E-state index contributed by atoms with van der Waals surface area (Å²) in [5, 5.41) is 34.1. The molecule has 0 radical (unpaired) electrons. The molecule has 0 aliphatic heterocycles. The van der Waals surface area contributed by atoms with E-state index in [2.05, 4.69) is 16.0 Å². The van der Waals surface area contributed by atoms with Crippen molar-refractivity contribution in [3.05, 3.63) is 0 Å². The van der Waals surface area contributed by atoms with Crippen LogP contribution >= 0.6 is 11.8 Å². The number of aliphatic carboxylic acids is 2. The molecule has 0 heterocycles. The minimum atomic E-state index is -1.62. The van der Waals surface area contributed by atoms with E-state index >= 15 is 0 Å². The van der Waals surface area contributed by atoms with Crippen molar-refractivity contribution in [3.63, 3.8) is 0 Å². The first-order chi connectivity index (χ1) is 15.0. The molecule has 0 rings (SSSR count). The van der Waals surface area contributed by atoms with Gasteiger partial charge in [-0.05, 0) is 30.8 Å². The molecule has 32 heavy (non-hydrogen) atoms. The van der Waals surface area contributed by atoms with Crippen LogP contribution in [0.2, 0.25) is 0 Å². The van der Waals surface area contributed by atoms with Crippen LogP contribution < -0.4 is 21.7 Å². The van der Waals surface area contributed by atoms with Crippen LogP contribution in [-0.4, -0.2) is 87.8 Å². The lowest BCUT2D eigenvalue weighted by Gasteiger charge is -2.27. The topological polar surface area (TPSA) is 208 Å². The summed E-state index contributed by atoms with van der Waals surface area (Å²) in [6, 6.07) is -4.87. The van der Waals surface area contributed by atoms with Crippen molar-refractivity contribution in [2.45, 2.75) is 63.7 Å². The summed E-state index contributed by atoms with van der Waals surface area (Å²) in [6.07, 6.45) is 1.99. The quantitative estimate of drug-likeness (QED) is 0.137. The van der Waals surface area contributed by atoms with E-state index in [-0.39, 0.29) is 12.3 Å². The highest BCUT2D eigenvalue weighted by Gasteiger charge is 2.32. The van der Waals surface area contributed by atoms with Crippen LogP contribution in [0.15, 0.2) is 0 Å². The molecule has 0 aliphatic carbocycles. The van der Waals surface area contributed by atoms with Gasteiger partial charge in [0.2, 0.25) is 17.7 Å². The molecule has 0 saturated heterocycles. The Bertz CT molecular complexity index is 663. The largest absolute Gasteiger partial charge is 0.481 e. The third kappa shape index (κ3) is 10.8. The lowest BCUT2D eigenvalue weighted by molar-refractivity contribution is -0.144. The number of hydrogen-bond acceptors (Lipinski definition) is 8. The molecule has 8 N–H and O–H groups in total. The highest BCUT2D eigenvalue weighted by molar-refractivity contribution is 7.98. The van der Waals surface area contributed by atoms with E-state index in [9.17, 15) is 24.0 Å².